The zero-order valence-electron chi connectivity index (χ0n) is 13.0. The van der Waals surface area contributed by atoms with Crippen LogP contribution in [0.1, 0.15) is 16.8 Å². The van der Waals surface area contributed by atoms with Crippen molar-refractivity contribution in [2.24, 2.45) is 0 Å². The van der Waals surface area contributed by atoms with Crippen LogP contribution in [0.3, 0.4) is 0 Å². The summed E-state index contributed by atoms with van der Waals surface area (Å²) in [4.78, 5) is 29.7. The fourth-order valence-corrected chi connectivity index (χ4v) is 3.32. The predicted molar refractivity (Wildman–Crippen MR) is 92.4 cm³/mol. The Hall–Kier alpha value is -2.22. The Morgan fingerprint density at radius 2 is 2.08 bits per heavy atom. The van der Waals surface area contributed by atoms with Crippen molar-refractivity contribution in [3.63, 3.8) is 0 Å². The third-order valence-corrected chi connectivity index (χ3v) is 4.78. The molecule has 3 aromatic rings. The number of nitrogens with zero attached hydrogens (tertiary/aromatic N) is 4. The maximum absolute atomic E-state index is 12.3. The lowest BCUT2D eigenvalue weighted by molar-refractivity contribution is 0.240. The number of hydrogen-bond donors (Lipinski definition) is 1. The molecule has 0 saturated carbocycles. The summed E-state index contributed by atoms with van der Waals surface area (Å²) in [6.07, 6.45) is 3.47. The molecule has 0 aliphatic carbocycles. The normalized spacial score (nSPS) is 14.5. The third kappa shape index (κ3) is 3.18. The Bertz CT molecular complexity index is 951. The summed E-state index contributed by atoms with van der Waals surface area (Å²) in [5, 5.41) is 0.668. The van der Waals surface area contributed by atoms with Gasteiger partial charge in [-0.3, -0.25) is 9.69 Å². The van der Waals surface area contributed by atoms with Crippen LogP contribution in [-0.2, 0) is 19.5 Å². The van der Waals surface area contributed by atoms with E-state index in [4.69, 9.17) is 27.6 Å². The molecule has 0 amide bonds. The zero-order chi connectivity index (χ0) is 17.4. The van der Waals surface area contributed by atoms with E-state index >= 15 is 0 Å². The Morgan fingerprint density at radius 1 is 1.28 bits per heavy atom. The summed E-state index contributed by atoms with van der Waals surface area (Å²) in [6.45, 7) is 1.69. The standard InChI is InChI=1S/C16H13Cl2N5O2/c17-13-10(14(18)20-8-19-13)6-23-4-3-9-11(7-23)21-15(22-16(9)24)12-2-1-5-25-12/h1-2,5,8H,3-4,6-7H2,(H,21,22,24). The van der Waals surface area contributed by atoms with E-state index in [2.05, 4.69) is 24.8 Å². The van der Waals surface area contributed by atoms with E-state index in [1.54, 1.807) is 18.4 Å². The van der Waals surface area contributed by atoms with Gasteiger partial charge in [0.25, 0.3) is 5.56 Å². The zero-order valence-corrected chi connectivity index (χ0v) is 14.5. The third-order valence-electron chi connectivity index (χ3n) is 4.13. The first kappa shape index (κ1) is 16.3. The van der Waals surface area contributed by atoms with Gasteiger partial charge in [0.2, 0.25) is 0 Å². The van der Waals surface area contributed by atoms with Gasteiger partial charge in [-0.05, 0) is 18.6 Å². The molecular formula is C16H13Cl2N5O2. The van der Waals surface area contributed by atoms with E-state index in [9.17, 15) is 4.79 Å². The number of fused-ring (bicyclic) bond motifs is 1. The molecule has 0 radical (unpaired) electrons. The van der Waals surface area contributed by atoms with E-state index in [0.29, 0.717) is 59.1 Å². The summed E-state index contributed by atoms with van der Waals surface area (Å²) >= 11 is 12.2. The molecule has 128 valence electrons. The van der Waals surface area contributed by atoms with E-state index < -0.39 is 0 Å². The molecule has 1 N–H and O–H groups in total. The smallest absolute Gasteiger partial charge is 0.254 e. The number of rotatable bonds is 3. The average Bonchev–Trinajstić information content (AvgIpc) is 3.12. The van der Waals surface area contributed by atoms with Crippen molar-refractivity contribution in [1.29, 1.82) is 0 Å². The van der Waals surface area contributed by atoms with Crippen LogP contribution < -0.4 is 5.56 Å². The Kier molecular flexibility index (Phi) is 4.29. The van der Waals surface area contributed by atoms with Crippen molar-refractivity contribution in [3.8, 4) is 11.6 Å². The van der Waals surface area contributed by atoms with Crippen LogP contribution >= 0.6 is 23.2 Å². The number of aromatic nitrogens is 4. The highest BCUT2D eigenvalue weighted by atomic mass is 35.5. The molecule has 3 aromatic heterocycles. The van der Waals surface area contributed by atoms with Gasteiger partial charge in [-0.1, -0.05) is 23.2 Å². The molecule has 1 aliphatic rings. The van der Waals surface area contributed by atoms with Gasteiger partial charge < -0.3 is 9.40 Å². The fourth-order valence-electron chi connectivity index (χ4n) is 2.88. The highest BCUT2D eigenvalue weighted by molar-refractivity contribution is 6.34. The van der Waals surface area contributed by atoms with Crippen LogP contribution in [0.4, 0.5) is 0 Å². The van der Waals surface area contributed by atoms with Crippen LogP contribution in [0, 0.1) is 0 Å². The summed E-state index contributed by atoms with van der Waals surface area (Å²) in [6, 6.07) is 3.51. The number of nitrogens with one attached hydrogen (secondary N) is 1. The van der Waals surface area contributed by atoms with Gasteiger partial charge in [-0.2, -0.15) is 0 Å². The monoisotopic (exact) mass is 377 g/mol. The Labute approximate surface area is 152 Å². The van der Waals surface area contributed by atoms with Crippen LogP contribution in [0.2, 0.25) is 10.3 Å². The van der Waals surface area contributed by atoms with E-state index in [-0.39, 0.29) is 5.56 Å². The van der Waals surface area contributed by atoms with Gasteiger partial charge in [-0.15, -0.1) is 0 Å². The summed E-state index contributed by atoms with van der Waals surface area (Å²) in [5.74, 6) is 0.953. The van der Waals surface area contributed by atoms with Crippen molar-refractivity contribution in [2.45, 2.75) is 19.5 Å². The Balaban J connectivity index is 1.63. The minimum atomic E-state index is -0.129. The first-order valence-corrected chi connectivity index (χ1v) is 8.40. The molecule has 9 heteroatoms. The average molecular weight is 378 g/mol. The molecule has 0 saturated heterocycles. The second-order valence-electron chi connectivity index (χ2n) is 5.71. The van der Waals surface area contributed by atoms with Crippen LogP contribution in [0.15, 0.2) is 33.9 Å². The Morgan fingerprint density at radius 3 is 2.80 bits per heavy atom. The first-order chi connectivity index (χ1) is 12.1. The van der Waals surface area contributed by atoms with Crippen LogP contribution in [0.5, 0.6) is 0 Å². The first-order valence-electron chi connectivity index (χ1n) is 7.65. The molecule has 4 rings (SSSR count). The van der Waals surface area contributed by atoms with Crippen LogP contribution in [-0.4, -0.2) is 31.4 Å². The largest absolute Gasteiger partial charge is 0.461 e. The van der Waals surface area contributed by atoms with E-state index in [1.807, 2.05) is 0 Å². The van der Waals surface area contributed by atoms with Crippen molar-refractivity contribution in [3.05, 3.63) is 62.2 Å². The van der Waals surface area contributed by atoms with Gasteiger partial charge in [0.15, 0.2) is 11.6 Å². The summed E-state index contributed by atoms with van der Waals surface area (Å²) in [7, 11) is 0. The minimum Gasteiger partial charge on any atom is -0.461 e. The van der Waals surface area contributed by atoms with Crippen molar-refractivity contribution in [1.82, 2.24) is 24.8 Å². The molecule has 0 aromatic carbocycles. The molecule has 0 spiro atoms. The maximum Gasteiger partial charge on any atom is 0.254 e. The lowest BCUT2D eigenvalue weighted by Crippen LogP contribution is -2.35. The summed E-state index contributed by atoms with van der Waals surface area (Å²) < 4.78 is 5.32. The molecule has 4 heterocycles. The van der Waals surface area contributed by atoms with Crippen LogP contribution in [0.25, 0.3) is 11.6 Å². The quantitative estimate of drug-likeness (QED) is 0.705. The molecule has 0 atom stereocenters. The molecule has 7 nitrogen and oxygen atoms in total. The minimum absolute atomic E-state index is 0.129. The number of furan rings is 1. The SMILES string of the molecule is O=c1[nH]c(-c2ccco2)nc2c1CCN(Cc1c(Cl)ncnc1Cl)C2. The highest BCUT2D eigenvalue weighted by Gasteiger charge is 2.23. The lowest BCUT2D eigenvalue weighted by atomic mass is 10.1. The van der Waals surface area contributed by atoms with Crippen molar-refractivity contribution in [2.75, 3.05) is 6.54 Å². The topological polar surface area (TPSA) is 87.9 Å². The predicted octanol–water partition coefficient (Wildman–Crippen LogP) is 2.69. The van der Waals surface area contributed by atoms with Gasteiger partial charge in [0.1, 0.15) is 16.6 Å². The van der Waals surface area contributed by atoms with Gasteiger partial charge in [0, 0.05) is 30.8 Å². The second kappa shape index (κ2) is 6.59. The molecular weight excluding hydrogens is 365 g/mol. The van der Waals surface area contributed by atoms with Gasteiger partial charge in [-0.25, -0.2) is 15.0 Å². The molecule has 0 unspecified atom stereocenters. The molecule has 25 heavy (non-hydrogen) atoms. The van der Waals surface area contributed by atoms with Crippen molar-refractivity contribution < 1.29 is 4.42 Å². The molecule has 0 bridgehead atoms. The van der Waals surface area contributed by atoms with Crippen molar-refractivity contribution >= 4 is 23.2 Å². The molecule has 1 aliphatic heterocycles. The maximum atomic E-state index is 12.3. The lowest BCUT2D eigenvalue weighted by Gasteiger charge is -2.27. The van der Waals surface area contributed by atoms with Gasteiger partial charge >= 0.3 is 0 Å². The van der Waals surface area contributed by atoms with E-state index in [0.717, 1.165) is 5.69 Å². The van der Waals surface area contributed by atoms with Gasteiger partial charge in [0.05, 0.1) is 12.0 Å². The number of aromatic amines is 1. The number of H-pyrrole nitrogens is 1. The fraction of sp³-hybridized carbons (Fsp3) is 0.250. The number of halogens is 2. The van der Waals surface area contributed by atoms with E-state index in [1.165, 1.54) is 6.33 Å². The highest BCUT2D eigenvalue weighted by Crippen LogP contribution is 2.25. The number of hydrogen-bond acceptors (Lipinski definition) is 6. The summed E-state index contributed by atoms with van der Waals surface area (Å²) in [5.41, 5.74) is 1.97. The second-order valence-corrected chi connectivity index (χ2v) is 6.43. The molecule has 0 fully saturated rings.